The molecule has 0 saturated heterocycles. The minimum absolute atomic E-state index is 0.104. The van der Waals surface area contributed by atoms with Gasteiger partial charge in [-0.1, -0.05) is 49.4 Å². The summed E-state index contributed by atoms with van der Waals surface area (Å²) in [6.45, 7) is 2.09. The maximum atomic E-state index is 14.2. The van der Waals surface area contributed by atoms with Crippen LogP contribution in [0.4, 0.5) is 10.2 Å². The molecule has 2 N–H and O–H groups in total. The highest BCUT2D eigenvalue weighted by atomic mass is 19.1. The molecule has 118 valence electrons. The Balaban J connectivity index is 2.20. The first kappa shape index (κ1) is 15.7. The molecule has 0 aliphatic carbocycles. The van der Waals surface area contributed by atoms with Crippen LogP contribution in [0.3, 0.4) is 0 Å². The number of nitriles is 1. The van der Waals surface area contributed by atoms with Crippen molar-refractivity contribution in [1.29, 1.82) is 5.26 Å². The second-order valence-corrected chi connectivity index (χ2v) is 5.46. The molecule has 0 aliphatic rings. The Morgan fingerprint density at radius 1 is 1.08 bits per heavy atom. The number of hydrogen-bond acceptors (Lipinski definition) is 3. The molecule has 0 fully saturated rings. The number of nitrogens with zero attached hydrogens (tertiary/aromatic N) is 2. The molecule has 0 spiro atoms. The van der Waals surface area contributed by atoms with Gasteiger partial charge in [0.15, 0.2) is 0 Å². The molecule has 0 saturated carbocycles. The second kappa shape index (κ2) is 6.51. The standard InChI is InChI=1S/C20H16FN3/c1-2-13-7-9-14(10-8-13)19-11-16(17(12-22)20(23)24-19)15-5-3-4-6-18(15)21/h3-11H,2H2,1H3,(H2,23,24). The molecule has 0 unspecified atom stereocenters. The van der Waals surface area contributed by atoms with E-state index in [0.717, 1.165) is 12.0 Å². The maximum absolute atomic E-state index is 14.2. The SMILES string of the molecule is CCc1ccc(-c2cc(-c3ccccc3F)c(C#N)c(N)n2)cc1. The van der Waals surface area contributed by atoms with E-state index >= 15 is 0 Å². The van der Waals surface area contributed by atoms with Gasteiger partial charge in [-0.15, -0.1) is 0 Å². The Morgan fingerprint density at radius 2 is 1.79 bits per heavy atom. The van der Waals surface area contributed by atoms with E-state index in [0.29, 0.717) is 16.8 Å². The lowest BCUT2D eigenvalue weighted by molar-refractivity contribution is 0.631. The van der Waals surface area contributed by atoms with E-state index in [1.54, 1.807) is 24.3 Å². The van der Waals surface area contributed by atoms with Crippen LogP contribution in [0.25, 0.3) is 22.4 Å². The van der Waals surface area contributed by atoms with Gasteiger partial charge in [0.2, 0.25) is 0 Å². The van der Waals surface area contributed by atoms with Crippen LogP contribution in [0.2, 0.25) is 0 Å². The van der Waals surface area contributed by atoms with Crippen LogP contribution < -0.4 is 5.73 Å². The van der Waals surface area contributed by atoms with Crippen molar-refractivity contribution in [3.63, 3.8) is 0 Å². The van der Waals surface area contributed by atoms with Crippen molar-refractivity contribution >= 4 is 5.82 Å². The Hall–Kier alpha value is -3.19. The highest BCUT2D eigenvalue weighted by Crippen LogP contribution is 2.32. The number of aryl methyl sites for hydroxylation is 1. The number of hydrogen-bond donors (Lipinski definition) is 1. The normalized spacial score (nSPS) is 10.4. The van der Waals surface area contributed by atoms with Crippen LogP contribution in [-0.4, -0.2) is 4.98 Å². The van der Waals surface area contributed by atoms with E-state index in [-0.39, 0.29) is 11.4 Å². The first-order valence-electron chi connectivity index (χ1n) is 7.69. The summed E-state index contributed by atoms with van der Waals surface area (Å²) in [5.74, 6) is -0.292. The zero-order valence-electron chi connectivity index (χ0n) is 13.3. The van der Waals surface area contributed by atoms with Crippen molar-refractivity contribution in [2.24, 2.45) is 0 Å². The predicted octanol–water partition coefficient (Wildman–Crippen LogP) is 4.57. The summed E-state index contributed by atoms with van der Waals surface area (Å²) in [6, 6.07) is 18.0. The largest absolute Gasteiger partial charge is 0.383 e. The Kier molecular flexibility index (Phi) is 4.26. The molecule has 1 aromatic heterocycles. The van der Waals surface area contributed by atoms with Gasteiger partial charge in [0.1, 0.15) is 23.3 Å². The summed E-state index contributed by atoms with van der Waals surface area (Å²) >= 11 is 0. The number of benzene rings is 2. The van der Waals surface area contributed by atoms with Crippen LogP contribution in [0.1, 0.15) is 18.1 Å². The van der Waals surface area contributed by atoms with Crippen molar-refractivity contribution in [3.05, 3.63) is 71.5 Å². The third kappa shape index (κ3) is 2.84. The fraction of sp³-hybridized carbons (Fsp3) is 0.100. The summed E-state index contributed by atoms with van der Waals surface area (Å²) in [4.78, 5) is 4.32. The maximum Gasteiger partial charge on any atom is 0.142 e. The molecule has 0 bridgehead atoms. The van der Waals surface area contributed by atoms with E-state index in [1.807, 2.05) is 30.3 Å². The number of anilines is 1. The first-order chi connectivity index (χ1) is 11.6. The predicted molar refractivity (Wildman–Crippen MR) is 93.6 cm³/mol. The molecule has 24 heavy (non-hydrogen) atoms. The summed E-state index contributed by atoms with van der Waals surface area (Å²) < 4.78 is 14.2. The van der Waals surface area contributed by atoms with Crippen LogP contribution in [0.5, 0.6) is 0 Å². The number of aromatic nitrogens is 1. The van der Waals surface area contributed by atoms with Crippen molar-refractivity contribution in [3.8, 4) is 28.5 Å². The van der Waals surface area contributed by atoms with Gasteiger partial charge < -0.3 is 5.73 Å². The molecule has 0 amide bonds. The van der Waals surface area contributed by atoms with E-state index in [4.69, 9.17) is 5.73 Å². The second-order valence-electron chi connectivity index (χ2n) is 5.46. The average Bonchev–Trinajstić information content (AvgIpc) is 2.61. The van der Waals surface area contributed by atoms with Crippen LogP contribution >= 0.6 is 0 Å². The zero-order valence-corrected chi connectivity index (χ0v) is 13.3. The Labute approximate surface area is 140 Å². The van der Waals surface area contributed by atoms with Gasteiger partial charge in [0.25, 0.3) is 0 Å². The zero-order chi connectivity index (χ0) is 17.1. The highest BCUT2D eigenvalue weighted by Gasteiger charge is 2.15. The van der Waals surface area contributed by atoms with Crippen molar-refractivity contribution in [1.82, 2.24) is 4.98 Å². The van der Waals surface area contributed by atoms with Crippen molar-refractivity contribution < 1.29 is 4.39 Å². The van der Waals surface area contributed by atoms with E-state index in [2.05, 4.69) is 11.9 Å². The fourth-order valence-electron chi connectivity index (χ4n) is 2.63. The lowest BCUT2D eigenvalue weighted by Crippen LogP contribution is -2.00. The molecule has 3 nitrogen and oxygen atoms in total. The lowest BCUT2D eigenvalue weighted by atomic mass is 9.97. The smallest absolute Gasteiger partial charge is 0.142 e. The van der Waals surface area contributed by atoms with Crippen LogP contribution in [0.15, 0.2) is 54.6 Å². The van der Waals surface area contributed by atoms with Crippen molar-refractivity contribution in [2.75, 3.05) is 5.73 Å². The number of halogens is 1. The molecule has 0 atom stereocenters. The lowest BCUT2D eigenvalue weighted by Gasteiger charge is -2.11. The summed E-state index contributed by atoms with van der Waals surface area (Å²) in [6.07, 6.45) is 0.948. The van der Waals surface area contributed by atoms with Gasteiger partial charge in [0, 0.05) is 16.7 Å². The van der Waals surface area contributed by atoms with E-state index in [9.17, 15) is 9.65 Å². The third-order valence-corrected chi connectivity index (χ3v) is 3.98. The van der Waals surface area contributed by atoms with E-state index < -0.39 is 5.82 Å². The molecule has 2 aromatic carbocycles. The summed E-state index contributed by atoms with van der Waals surface area (Å²) in [7, 11) is 0. The van der Waals surface area contributed by atoms with Crippen molar-refractivity contribution in [2.45, 2.75) is 13.3 Å². The van der Waals surface area contributed by atoms with Gasteiger partial charge in [-0.2, -0.15) is 5.26 Å². The van der Waals surface area contributed by atoms with Gasteiger partial charge in [0.05, 0.1) is 5.69 Å². The van der Waals surface area contributed by atoms with Crippen LogP contribution in [0, 0.1) is 17.1 Å². The highest BCUT2D eigenvalue weighted by molar-refractivity contribution is 5.80. The molecule has 3 rings (SSSR count). The minimum Gasteiger partial charge on any atom is -0.383 e. The minimum atomic E-state index is -0.396. The first-order valence-corrected chi connectivity index (χ1v) is 7.69. The topological polar surface area (TPSA) is 62.7 Å². The molecule has 4 heteroatoms. The molecule has 0 aliphatic heterocycles. The quantitative estimate of drug-likeness (QED) is 0.769. The number of pyridine rings is 1. The Bertz CT molecular complexity index is 925. The Morgan fingerprint density at radius 3 is 2.42 bits per heavy atom. The average molecular weight is 317 g/mol. The number of rotatable bonds is 3. The van der Waals surface area contributed by atoms with Gasteiger partial charge in [-0.25, -0.2) is 9.37 Å². The summed E-state index contributed by atoms with van der Waals surface area (Å²) in [5, 5.41) is 9.39. The monoisotopic (exact) mass is 317 g/mol. The van der Waals surface area contributed by atoms with Gasteiger partial charge in [-0.3, -0.25) is 0 Å². The van der Waals surface area contributed by atoms with Gasteiger partial charge >= 0.3 is 0 Å². The van der Waals surface area contributed by atoms with Crippen LogP contribution in [-0.2, 0) is 6.42 Å². The molecule has 3 aromatic rings. The molecular weight excluding hydrogens is 301 g/mol. The molecule has 0 radical (unpaired) electrons. The molecule has 1 heterocycles. The van der Waals surface area contributed by atoms with E-state index in [1.165, 1.54) is 11.6 Å². The number of nitrogens with two attached hydrogens (primary N) is 1. The van der Waals surface area contributed by atoms with Gasteiger partial charge in [-0.05, 0) is 24.1 Å². The fourth-order valence-corrected chi connectivity index (χ4v) is 2.63. The third-order valence-electron chi connectivity index (χ3n) is 3.98. The molecular formula is C20H16FN3. The summed E-state index contributed by atoms with van der Waals surface area (Å²) in [5.41, 5.74) is 9.66. The number of nitrogen functional groups attached to an aromatic ring is 1.